The summed E-state index contributed by atoms with van der Waals surface area (Å²) in [6.45, 7) is 0.0696. The van der Waals surface area contributed by atoms with Crippen LogP contribution in [0.4, 0.5) is 0 Å². The van der Waals surface area contributed by atoms with Gasteiger partial charge in [-0.3, -0.25) is 0 Å². The molecule has 1 aliphatic rings. The smallest absolute Gasteiger partial charge is 0.231 e. The molecule has 2 heterocycles. The highest BCUT2D eigenvalue weighted by atomic mass is 32.2. The van der Waals surface area contributed by atoms with Crippen molar-refractivity contribution in [3.63, 3.8) is 0 Å². The second-order valence-corrected chi connectivity index (χ2v) is 6.37. The van der Waals surface area contributed by atoms with Crippen LogP contribution in [-0.4, -0.2) is 40.6 Å². The van der Waals surface area contributed by atoms with Crippen molar-refractivity contribution in [2.45, 2.75) is 24.6 Å². The fraction of sp³-hybridized carbons (Fsp3) is 0.500. The second kappa shape index (κ2) is 4.42. The van der Waals surface area contributed by atoms with E-state index < -0.39 is 10.0 Å². The predicted molar refractivity (Wildman–Crippen MR) is 66.1 cm³/mol. The number of nitrogens with one attached hydrogen (secondary N) is 1. The highest BCUT2D eigenvalue weighted by molar-refractivity contribution is 7.90. The number of methoxy groups -OCH3 is 1. The van der Waals surface area contributed by atoms with Gasteiger partial charge < -0.3 is 4.74 Å². The summed E-state index contributed by atoms with van der Waals surface area (Å²) < 4.78 is 32.5. The van der Waals surface area contributed by atoms with Crippen molar-refractivity contribution in [1.29, 1.82) is 0 Å². The van der Waals surface area contributed by atoms with Crippen LogP contribution in [0.3, 0.4) is 0 Å². The lowest BCUT2D eigenvalue weighted by Gasteiger charge is -2.04. The van der Waals surface area contributed by atoms with Crippen LogP contribution in [-0.2, 0) is 16.6 Å². The van der Waals surface area contributed by atoms with Crippen LogP contribution in [0.2, 0.25) is 0 Å². The molecule has 9 heteroatoms. The zero-order valence-electron chi connectivity index (χ0n) is 10.3. The van der Waals surface area contributed by atoms with Crippen LogP contribution < -0.4 is 9.46 Å². The molecule has 8 nitrogen and oxygen atoms in total. The van der Waals surface area contributed by atoms with E-state index in [2.05, 4.69) is 20.0 Å². The summed E-state index contributed by atoms with van der Waals surface area (Å²) in [5, 5.41) is 11.7. The van der Waals surface area contributed by atoms with Crippen molar-refractivity contribution in [2.75, 3.05) is 7.11 Å². The van der Waals surface area contributed by atoms with Gasteiger partial charge in [-0.15, -0.1) is 15.3 Å². The highest BCUT2D eigenvalue weighted by Crippen LogP contribution is 2.27. The maximum Gasteiger partial charge on any atom is 0.231 e. The maximum absolute atomic E-state index is 11.7. The average molecular weight is 283 g/mol. The second-order valence-electron chi connectivity index (χ2n) is 4.33. The minimum atomic E-state index is -3.24. The molecule has 0 amide bonds. The summed E-state index contributed by atoms with van der Waals surface area (Å²) in [7, 11) is -1.73. The van der Waals surface area contributed by atoms with Gasteiger partial charge in [0.25, 0.3) is 0 Å². The average Bonchev–Trinajstić information content (AvgIpc) is 3.19. The van der Waals surface area contributed by atoms with Gasteiger partial charge in [-0.05, 0) is 18.9 Å². The number of aromatic nitrogens is 4. The first kappa shape index (κ1) is 12.3. The Morgan fingerprint density at radius 1 is 1.42 bits per heavy atom. The van der Waals surface area contributed by atoms with Gasteiger partial charge in [-0.2, -0.15) is 4.52 Å². The molecule has 0 spiro atoms. The van der Waals surface area contributed by atoms with E-state index in [1.807, 2.05) is 0 Å². The SMILES string of the molecule is COc1ccc2nnc(CNS(=O)(=O)C3CC3)n2n1. The lowest BCUT2D eigenvalue weighted by atomic mass is 10.5. The first-order valence-corrected chi connectivity index (χ1v) is 7.38. The summed E-state index contributed by atoms with van der Waals surface area (Å²) in [6.07, 6.45) is 1.45. The Balaban J connectivity index is 1.84. The molecule has 0 saturated heterocycles. The summed E-state index contributed by atoms with van der Waals surface area (Å²) in [5.41, 5.74) is 0.543. The van der Waals surface area contributed by atoms with E-state index in [1.54, 1.807) is 12.1 Å². The van der Waals surface area contributed by atoms with E-state index in [0.717, 1.165) is 12.8 Å². The molecular formula is C10H13N5O3S. The zero-order valence-corrected chi connectivity index (χ0v) is 11.1. The van der Waals surface area contributed by atoms with Gasteiger partial charge in [0.2, 0.25) is 15.9 Å². The summed E-state index contributed by atoms with van der Waals surface area (Å²) in [6, 6.07) is 3.37. The molecule has 102 valence electrons. The fourth-order valence-electron chi connectivity index (χ4n) is 1.70. The summed E-state index contributed by atoms with van der Waals surface area (Å²) in [4.78, 5) is 0. The first-order valence-electron chi connectivity index (χ1n) is 5.84. The van der Waals surface area contributed by atoms with Crippen LogP contribution in [0.1, 0.15) is 18.7 Å². The molecule has 0 radical (unpaired) electrons. The Morgan fingerprint density at radius 3 is 2.89 bits per heavy atom. The van der Waals surface area contributed by atoms with Crippen molar-refractivity contribution >= 4 is 15.7 Å². The molecule has 2 aromatic rings. The Bertz CT molecular complexity index is 707. The Hall–Kier alpha value is -1.74. The van der Waals surface area contributed by atoms with Crippen LogP contribution in [0.15, 0.2) is 12.1 Å². The van der Waals surface area contributed by atoms with E-state index in [1.165, 1.54) is 11.6 Å². The fourth-order valence-corrected chi connectivity index (χ4v) is 3.02. The van der Waals surface area contributed by atoms with Gasteiger partial charge in [0, 0.05) is 6.07 Å². The predicted octanol–water partition coefficient (Wildman–Crippen LogP) is -0.285. The Labute approximate surface area is 109 Å². The third-order valence-corrected chi connectivity index (χ3v) is 4.80. The zero-order chi connectivity index (χ0) is 13.5. The van der Waals surface area contributed by atoms with Crippen molar-refractivity contribution < 1.29 is 13.2 Å². The molecule has 0 aromatic carbocycles. The number of hydrogen-bond donors (Lipinski definition) is 1. The normalized spacial score (nSPS) is 15.8. The molecular weight excluding hydrogens is 270 g/mol. The maximum atomic E-state index is 11.7. The molecule has 1 saturated carbocycles. The van der Waals surface area contributed by atoms with E-state index in [4.69, 9.17) is 4.74 Å². The molecule has 2 aromatic heterocycles. The number of rotatable bonds is 5. The van der Waals surface area contributed by atoms with Crippen molar-refractivity contribution in [1.82, 2.24) is 24.5 Å². The molecule has 19 heavy (non-hydrogen) atoms. The first-order chi connectivity index (χ1) is 9.10. The largest absolute Gasteiger partial charge is 0.480 e. The van der Waals surface area contributed by atoms with E-state index >= 15 is 0 Å². The van der Waals surface area contributed by atoms with Crippen molar-refractivity contribution in [2.24, 2.45) is 0 Å². The van der Waals surface area contributed by atoms with E-state index in [0.29, 0.717) is 17.4 Å². The third kappa shape index (κ3) is 2.38. The van der Waals surface area contributed by atoms with Crippen molar-refractivity contribution in [3.8, 4) is 5.88 Å². The highest BCUT2D eigenvalue weighted by Gasteiger charge is 2.35. The number of hydrogen-bond acceptors (Lipinski definition) is 6. The number of fused-ring (bicyclic) bond motifs is 1. The third-order valence-electron chi connectivity index (χ3n) is 2.91. The van der Waals surface area contributed by atoms with Crippen LogP contribution in [0.5, 0.6) is 5.88 Å². The van der Waals surface area contributed by atoms with Crippen LogP contribution in [0, 0.1) is 0 Å². The monoisotopic (exact) mass is 283 g/mol. The van der Waals surface area contributed by atoms with Crippen molar-refractivity contribution in [3.05, 3.63) is 18.0 Å². The van der Waals surface area contributed by atoms with Crippen LogP contribution in [0.25, 0.3) is 5.65 Å². The lowest BCUT2D eigenvalue weighted by molar-refractivity contribution is 0.389. The van der Waals surface area contributed by atoms with Gasteiger partial charge in [-0.1, -0.05) is 0 Å². The standard InChI is InChI=1S/C10H13N5O3S/c1-18-10-5-4-8-12-13-9(15(8)14-10)6-11-19(16,17)7-2-3-7/h4-5,7,11H,2-3,6H2,1H3. The number of sulfonamides is 1. The van der Waals surface area contributed by atoms with Gasteiger partial charge >= 0.3 is 0 Å². The molecule has 1 aliphatic carbocycles. The summed E-state index contributed by atoms with van der Waals surface area (Å²) >= 11 is 0. The minimum absolute atomic E-state index is 0.0696. The van der Waals surface area contributed by atoms with Gasteiger partial charge in [0.05, 0.1) is 18.9 Å². The van der Waals surface area contributed by atoms with Gasteiger partial charge in [0.15, 0.2) is 11.5 Å². The molecule has 3 rings (SSSR count). The Kier molecular flexibility index (Phi) is 2.86. The number of ether oxygens (including phenoxy) is 1. The van der Waals surface area contributed by atoms with Gasteiger partial charge in [0.1, 0.15) is 0 Å². The summed E-state index contributed by atoms with van der Waals surface area (Å²) in [5.74, 6) is 0.844. The molecule has 0 atom stereocenters. The van der Waals surface area contributed by atoms with Gasteiger partial charge in [-0.25, -0.2) is 13.1 Å². The molecule has 0 unspecified atom stereocenters. The Morgan fingerprint density at radius 2 is 2.21 bits per heavy atom. The molecule has 0 aliphatic heterocycles. The molecule has 1 fully saturated rings. The topological polar surface area (TPSA) is 98.5 Å². The number of nitrogens with zero attached hydrogens (tertiary/aromatic N) is 4. The minimum Gasteiger partial charge on any atom is -0.480 e. The quantitative estimate of drug-likeness (QED) is 0.810. The van der Waals surface area contributed by atoms with E-state index in [-0.39, 0.29) is 11.8 Å². The molecule has 1 N–H and O–H groups in total. The van der Waals surface area contributed by atoms with Crippen LogP contribution >= 0.6 is 0 Å². The lowest BCUT2D eigenvalue weighted by Crippen LogP contribution is -2.27. The molecule has 0 bridgehead atoms. The van der Waals surface area contributed by atoms with E-state index in [9.17, 15) is 8.42 Å².